The first-order chi connectivity index (χ1) is 10.4. The smallest absolute Gasteiger partial charge is 0.237 e. The third kappa shape index (κ3) is 3.03. The van der Waals surface area contributed by atoms with E-state index >= 15 is 0 Å². The van der Waals surface area contributed by atoms with Crippen LogP contribution in [0.15, 0.2) is 0 Å². The molecule has 3 atom stereocenters. The van der Waals surface area contributed by atoms with Gasteiger partial charge in [-0.25, -0.2) is 8.42 Å². The number of nitrogens with one attached hydrogen (secondary N) is 1. The first-order valence-corrected chi connectivity index (χ1v) is 10.1. The van der Waals surface area contributed by atoms with E-state index in [1.807, 2.05) is 0 Å². The van der Waals surface area contributed by atoms with Gasteiger partial charge in [0.15, 0.2) is 9.84 Å². The molecule has 1 radical (unpaired) electrons. The van der Waals surface area contributed by atoms with E-state index in [2.05, 4.69) is 16.6 Å². The first-order valence-electron chi connectivity index (χ1n) is 8.25. The molecule has 3 N–H and O–H groups in total. The Bertz CT molecular complexity index is 532. The number of hydrogen-bond acceptors (Lipinski definition) is 5. The van der Waals surface area contributed by atoms with E-state index in [-0.39, 0.29) is 17.7 Å². The standard InChI is InChI=1S/C15H26N3O3S/c16-14(19)15-6-1-3-13(4-7-15)18(15)9-2-8-17-12-5-10-22(20,21)11-12/h1,12-13,17H,2-11H2,(H2,16,19)/t12-,13-,15+/m1/s1. The zero-order valence-electron chi connectivity index (χ0n) is 13.0. The molecule has 2 bridgehead atoms. The van der Waals surface area contributed by atoms with E-state index in [0.717, 1.165) is 51.6 Å². The fourth-order valence-electron chi connectivity index (χ4n) is 4.31. The van der Waals surface area contributed by atoms with Crippen molar-refractivity contribution in [2.45, 2.75) is 56.1 Å². The summed E-state index contributed by atoms with van der Waals surface area (Å²) in [6.45, 7) is 1.65. The summed E-state index contributed by atoms with van der Waals surface area (Å²) in [5.74, 6) is 0.375. The molecule has 3 heterocycles. The maximum absolute atomic E-state index is 11.9. The predicted molar refractivity (Wildman–Crippen MR) is 84.9 cm³/mol. The van der Waals surface area contributed by atoms with Crippen molar-refractivity contribution in [3.8, 4) is 0 Å². The maximum atomic E-state index is 11.9. The van der Waals surface area contributed by atoms with Gasteiger partial charge in [0.1, 0.15) is 5.54 Å². The van der Waals surface area contributed by atoms with E-state index in [9.17, 15) is 13.2 Å². The van der Waals surface area contributed by atoms with Gasteiger partial charge in [0.2, 0.25) is 5.91 Å². The summed E-state index contributed by atoms with van der Waals surface area (Å²) in [5.41, 5.74) is 5.22. The Morgan fingerprint density at radius 3 is 2.91 bits per heavy atom. The summed E-state index contributed by atoms with van der Waals surface area (Å²) in [6.07, 6.45) is 7.58. The van der Waals surface area contributed by atoms with Gasteiger partial charge in [-0.15, -0.1) is 0 Å². The molecular weight excluding hydrogens is 302 g/mol. The van der Waals surface area contributed by atoms with Crippen molar-refractivity contribution in [3.05, 3.63) is 6.42 Å². The minimum absolute atomic E-state index is 0.0986. The number of sulfone groups is 1. The van der Waals surface area contributed by atoms with Gasteiger partial charge in [0, 0.05) is 18.6 Å². The molecule has 22 heavy (non-hydrogen) atoms. The highest BCUT2D eigenvalue weighted by atomic mass is 32.2. The first kappa shape index (κ1) is 16.2. The molecule has 3 rings (SSSR count). The fourth-order valence-corrected chi connectivity index (χ4v) is 6.01. The van der Waals surface area contributed by atoms with Crippen molar-refractivity contribution >= 4 is 15.7 Å². The molecule has 3 saturated heterocycles. The van der Waals surface area contributed by atoms with Crippen LogP contribution in [0, 0.1) is 6.42 Å². The summed E-state index contributed by atoms with van der Waals surface area (Å²) in [7, 11) is -2.82. The molecule has 0 unspecified atom stereocenters. The molecule has 6 nitrogen and oxygen atoms in total. The summed E-state index contributed by atoms with van der Waals surface area (Å²) in [4.78, 5) is 14.2. The van der Waals surface area contributed by atoms with Crippen LogP contribution in [0.1, 0.15) is 38.5 Å². The molecule has 0 aliphatic carbocycles. The van der Waals surface area contributed by atoms with E-state index in [4.69, 9.17) is 5.73 Å². The van der Waals surface area contributed by atoms with Crippen LogP contribution in [-0.4, -0.2) is 61.4 Å². The second-order valence-corrected chi connectivity index (χ2v) is 9.15. The Morgan fingerprint density at radius 2 is 2.23 bits per heavy atom. The van der Waals surface area contributed by atoms with E-state index < -0.39 is 15.4 Å². The number of carbonyl (C=O) groups excluding carboxylic acids is 1. The van der Waals surface area contributed by atoms with Crippen molar-refractivity contribution < 1.29 is 13.2 Å². The summed E-state index contributed by atoms with van der Waals surface area (Å²) in [6, 6.07) is 0.551. The monoisotopic (exact) mass is 328 g/mol. The van der Waals surface area contributed by atoms with Gasteiger partial charge in [-0.05, 0) is 51.5 Å². The van der Waals surface area contributed by atoms with Crippen LogP contribution in [0.4, 0.5) is 0 Å². The Hall–Kier alpha value is -0.660. The molecule has 3 aliphatic heterocycles. The van der Waals surface area contributed by atoms with Crippen molar-refractivity contribution in [3.63, 3.8) is 0 Å². The largest absolute Gasteiger partial charge is 0.368 e. The van der Waals surface area contributed by atoms with E-state index in [1.165, 1.54) is 0 Å². The highest BCUT2D eigenvalue weighted by molar-refractivity contribution is 7.91. The Morgan fingerprint density at radius 1 is 1.41 bits per heavy atom. The van der Waals surface area contributed by atoms with Crippen molar-refractivity contribution in [2.24, 2.45) is 5.73 Å². The minimum Gasteiger partial charge on any atom is -0.368 e. The van der Waals surface area contributed by atoms with Gasteiger partial charge in [0.25, 0.3) is 0 Å². The second kappa shape index (κ2) is 6.09. The molecule has 0 aromatic rings. The molecule has 0 spiro atoms. The molecule has 125 valence electrons. The van der Waals surface area contributed by atoms with Crippen LogP contribution in [0.5, 0.6) is 0 Å². The number of rotatable bonds is 6. The molecular formula is C15H26N3O3S. The normalized spacial score (nSPS) is 37.5. The van der Waals surface area contributed by atoms with Gasteiger partial charge in [-0.2, -0.15) is 0 Å². The molecule has 0 aromatic heterocycles. The van der Waals surface area contributed by atoms with Crippen molar-refractivity contribution in [1.82, 2.24) is 10.2 Å². The van der Waals surface area contributed by atoms with Crippen LogP contribution < -0.4 is 11.1 Å². The zero-order chi connectivity index (χ0) is 15.8. The molecule has 3 fully saturated rings. The predicted octanol–water partition coefficient (Wildman–Crippen LogP) is -0.160. The van der Waals surface area contributed by atoms with Crippen LogP contribution in [-0.2, 0) is 14.6 Å². The number of hydrogen-bond donors (Lipinski definition) is 2. The average Bonchev–Trinajstić information content (AvgIpc) is 2.89. The molecule has 3 aliphatic rings. The van der Waals surface area contributed by atoms with Crippen LogP contribution in [0.2, 0.25) is 0 Å². The van der Waals surface area contributed by atoms with E-state index in [1.54, 1.807) is 0 Å². The number of piperidine rings is 1. The molecule has 0 saturated carbocycles. The molecule has 1 amide bonds. The lowest BCUT2D eigenvalue weighted by Gasteiger charge is -2.42. The highest BCUT2D eigenvalue weighted by Gasteiger charge is 2.52. The van der Waals surface area contributed by atoms with Gasteiger partial charge in [0.05, 0.1) is 11.5 Å². The third-order valence-electron chi connectivity index (χ3n) is 5.50. The number of primary amides is 1. The number of nitrogens with two attached hydrogens (primary N) is 1. The number of amides is 1. The highest BCUT2D eigenvalue weighted by Crippen LogP contribution is 2.43. The summed E-state index contributed by atoms with van der Waals surface area (Å²) in [5, 5.41) is 3.34. The lowest BCUT2D eigenvalue weighted by atomic mass is 9.87. The third-order valence-corrected chi connectivity index (χ3v) is 7.27. The van der Waals surface area contributed by atoms with Gasteiger partial charge in [-0.1, -0.05) is 0 Å². The fraction of sp³-hybridized carbons (Fsp3) is 0.867. The Kier molecular flexibility index (Phi) is 4.49. The average molecular weight is 328 g/mol. The van der Waals surface area contributed by atoms with Crippen molar-refractivity contribution in [2.75, 3.05) is 24.6 Å². The summed E-state index contributed by atoms with van der Waals surface area (Å²) < 4.78 is 22.9. The van der Waals surface area contributed by atoms with Crippen LogP contribution in [0.25, 0.3) is 0 Å². The van der Waals surface area contributed by atoms with Gasteiger partial charge >= 0.3 is 0 Å². The topological polar surface area (TPSA) is 92.5 Å². The zero-order valence-corrected chi connectivity index (χ0v) is 13.8. The van der Waals surface area contributed by atoms with Gasteiger partial charge in [-0.3, -0.25) is 9.69 Å². The SMILES string of the molecule is NC(=O)[C@]12C[CH]C[C@H](CC1)N2CCCN[C@@H]1CCS(=O)(=O)C1. The second-order valence-electron chi connectivity index (χ2n) is 6.92. The summed E-state index contributed by atoms with van der Waals surface area (Å²) >= 11 is 0. The Balaban J connectivity index is 1.48. The number of fused-ring (bicyclic) bond motifs is 2. The molecule has 7 heteroatoms. The van der Waals surface area contributed by atoms with Crippen molar-refractivity contribution in [1.29, 1.82) is 0 Å². The lowest BCUT2D eigenvalue weighted by molar-refractivity contribution is -0.130. The number of carbonyl (C=O) groups is 1. The maximum Gasteiger partial charge on any atom is 0.237 e. The van der Waals surface area contributed by atoms with Gasteiger partial charge < -0.3 is 11.1 Å². The van der Waals surface area contributed by atoms with E-state index in [0.29, 0.717) is 11.8 Å². The van der Waals surface area contributed by atoms with Crippen LogP contribution >= 0.6 is 0 Å². The molecule has 0 aromatic carbocycles. The van der Waals surface area contributed by atoms with Crippen LogP contribution in [0.3, 0.4) is 0 Å². The Labute approximate surface area is 132 Å². The quantitative estimate of drug-likeness (QED) is 0.661. The minimum atomic E-state index is -2.82. The number of nitrogens with zero attached hydrogens (tertiary/aromatic N) is 1. The lowest BCUT2D eigenvalue weighted by Crippen LogP contribution is -2.58.